The molecule has 1 aromatic carbocycles. The second kappa shape index (κ2) is 8.35. The molecule has 2 heterocycles. The van der Waals surface area contributed by atoms with Gasteiger partial charge in [-0.3, -0.25) is 4.79 Å². The fourth-order valence-electron chi connectivity index (χ4n) is 3.26. The van der Waals surface area contributed by atoms with Crippen LogP contribution in [0.1, 0.15) is 29.3 Å². The molecule has 1 aliphatic carbocycles. The van der Waals surface area contributed by atoms with Gasteiger partial charge in [-0.05, 0) is 42.9 Å². The summed E-state index contributed by atoms with van der Waals surface area (Å²) in [6.45, 7) is 2.20. The Labute approximate surface area is 175 Å². The highest BCUT2D eigenvalue weighted by atomic mass is 32.2. The summed E-state index contributed by atoms with van der Waals surface area (Å²) in [6, 6.07) is 8.35. The Morgan fingerprint density at radius 1 is 1.45 bits per heavy atom. The lowest BCUT2D eigenvalue weighted by atomic mass is 9.89. The lowest BCUT2D eigenvalue weighted by molar-refractivity contribution is -0.113. The molecule has 4 rings (SSSR count). The number of halogens is 1. The van der Waals surface area contributed by atoms with E-state index in [9.17, 15) is 14.4 Å². The molecule has 9 heteroatoms. The quantitative estimate of drug-likeness (QED) is 0.594. The number of hydrogen-bond donors (Lipinski definition) is 1. The van der Waals surface area contributed by atoms with Crippen molar-refractivity contribution in [2.45, 2.75) is 31.4 Å². The van der Waals surface area contributed by atoms with Gasteiger partial charge in [0.1, 0.15) is 16.9 Å². The van der Waals surface area contributed by atoms with Gasteiger partial charge in [-0.15, -0.1) is 21.5 Å². The molecule has 1 aliphatic rings. The van der Waals surface area contributed by atoms with E-state index in [1.807, 2.05) is 0 Å². The Hall–Kier alpha value is -2.70. The Bertz CT molecular complexity index is 1100. The third kappa shape index (κ3) is 4.18. The molecule has 29 heavy (non-hydrogen) atoms. The number of carbonyl (C=O) groups excluding carboxylic acids is 1. The second-order valence-corrected chi connectivity index (χ2v) is 8.89. The molecule has 0 aliphatic heterocycles. The molecular weight excluding hydrogens is 411 g/mol. The molecule has 1 atom stereocenters. The summed E-state index contributed by atoms with van der Waals surface area (Å²) >= 11 is 2.55. The summed E-state index contributed by atoms with van der Waals surface area (Å²) in [6.07, 6.45) is 2.88. The number of benzene rings is 1. The van der Waals surface area contributed by atoms with Crippen molar-refractivity contribution >= 4 is 34.0 Å². The number of anilines is 1. The number of nitriles is 1. The predicted molar refractivity (Wildman–Crippen MR) is 109 cm³/mol. The molecule has 148 valence electrons. The predicted octanol–water partition coefficient (Wildman–Crippen LogP) is 4.66. The summed E-state index contributed by atoms with van der Waals surface area (Å²) in [5.41, 5.74) is 1.87. The fourth-order valence-corrected chi connectivity index (χ4v) is 5.20. The van der Waals surface area contributed by atoms with Crippen LogP contribution in [0.15, 0.2) is 33.9 Å². The zero-order valence-corrected chi connectivity index (χ0v) is 17.2. The average Bonchev–Trinajstić information content (AvgIpc) is 3.30. The first-order valence-corrected chi connectivity index (χ1v) is 10.9. The molecule has 3 aromatic rings. The highest BCUT2D eigenvalue weighted by molar-refractivity contribution is 7.99. The largest absolute Gasteiger partial charge is 0.411 e. The third-order valence-electron chi connectivity index (χ3n) is 4.71. The number of aromatic nitrogens is 2. The zero-order chi connectivity index (χ0) is 20.4. The monoisotopic (exact) mass is 428 g/mol. The van der Waals surface area contributed by atoms with Gasteiger partial charge in [-0.1, -0.05) is 30.8 Å². The van der Waals surface area contributed by atoms with Gasteiger partial charge in [-0.2, -0.15) is 5.26 Å². The van der Waals surface area contributed by atoms with E-state index in [1.54, 1.807) is 18.2 Å². The maximum atomic E-state index is 13.8. The first-order valence-electron chi connectivity index (χ1n) is 9.11. The Morgan fingerprint density at radius 3 is 3.07 bits per heavy atom. The Kier molecular flexibility index (Phi) is 5.65. The molecule has 2 aromatic heterocycles. The Balaban J connectivity index is 1.40. The number of nitrogens with one attached hydrogen (secondary N) is 1. The van der Waals surface area contributed by atoms with E-state index >= 15 is 0 Å². The number of hydrogen-bond acceptors (Lipinski definition) is 7. The zero-order valence-electron chi connectivity index (χ0n) is 15.6. The van der Waals surface area contributed by atoms with Crippen molar-refractivity contribution in [2.24, 2.45) is 5.92 Å². The van der Waals surface area contributed by atoms with Crippen LogP contribution in [-0.2, 0) is 17.6 Å². The normalized spacial score (nSPS) is 15.6. The number of thioether (sulfide) groups is 1. The van der Waals surface area contributed by atoms with Crippen molar-refractivity contribution in [1.82, 2.24) is 10.2 Å². The van der Waals surface area contributed by atoms with E-state index in [0.717, 1.165) is 36.6 Å². The van der Waals surface area contributed by atoms with Gasteiger partial charge in [0.25, 0.3) is 11.1 Å². The number of rotatable bonds is 5. The van der Waals surface area contributed by atoms with Gasteiger partial charge in [0.2, 0.25) is 5.91 Å². The van der Waals surface area contributed by atoms with Crippen LogP contribution in [0.2, 0.25) is 0 Å². The number of carbonyl (C=O) groups is 1. The smallest absolute Gasteiger partial charge is 0.277 e. The maximum absolute atomic E-state index is 13.8. The number of fused-ring (bicyclic) bond motifs is 1. The number of thiophene rings is 1. The van der Waals surface area contributed by atoms with Crippen LogP contribution in [0.5, 0.6) is 0 Å². The lowest BCUT2D eigenvalue weighted by Crippen LogP contribution is -2.14. The molecule has 0 spiro atoms. The molecule has 0 fully saturated rings. The minimum atomic E-state index is -0.453. The fraction of sp³-hybridized carbons (Fsp3) is 0.300. The highest BCUT2D eigenvalue weighted by Gasteiger charge is 2.24. The first kappa shape index (κ1) is 19.6. The molecular formula is C20H17FN4O2S2. The van der Waals surface area contributed by atoms with E-state index < -0.39 is 5.82 Å². The molecule has 6 nitrogen and oxygen atoms in total. The van der Waals surface area contributed by atoms with Crippen LogP contribution < -0.4 is 5.32 Å². The molecule has 0 saturated carbocycles. The van der Waals surface area contributed by atoms with Crippen molar-refractivity contribution in [3.05, 3.63) is 46.1 Å². The average molecular weight is 429 g/mol. The van der Waals surface area contributed by atoms with E-state index in [0.29, 0.717) is 16.5 Å². The molecule has 1 unspecified atom stereocenters. The lowest BCUT2D eigenvalue weighted by Gasteiger charge is -2.17. The summed E-state index contributed by atoms with van der Waals surface area (Å²) in [5.74, 6) is -0.0111. The summed E-state index contributed by atoms with van der Waals surface area (Å²) in [7, 11) is 0. The van der Waals surface area contributed by atoms with Crippen molar-refractivity contribution in [2.75, 3.05) is 11.1 Å². The van der Waals surface area contributed by atoms with Crippen LogP contribution in [0.4, 0.5) is 9.39 Å². The van der Waals surface area contributed by atoms with Gasteiger partial charge < -0.3 is 9.73 Å². The first-order chi connectivity index (χ1) is 14.0. The second-order valence-electron chi connectivity index (χ2n) is 6.86. The molecule has 1 amide bonds. The molecule has 0 radical (unpaired) electrons. The van der Waals surface area contributed by atoms with Crippen LogP contribution in [0.3, 0.4) is 0 Å². The van der Waals surface area contributed by atoms with E-state index in [1.165, 1.54) is 22.3 Å². The minimum absolute atomic E-state index is 0.0444. The Morgan fingerprint density at radius 2 is 2.28 bits per heavy atom. The topological polar surface area (TPSA) is 91.8 Å². The maximum Gasteiger partial charge on any atom is 0.277 e. The summed E-state index contributed by atoms with van der Waals surface area (Å²) in [5, 5.41) is 20.8. The van der Waals surface area contributed by atoms with Gasteiger partial charge >= 0.3 is 0 Å². The standard InChI is InChI=1S/C20H17FN4O2S2/c1-11-6-7-12-14(9-22)19(29-16(12)8-11)23-17(26)10-28-20-25-24-18(27-20)13-4-2-3-5-15(13)21/h2-5,11H,6-8,10H2,1H3,(H,23,26). The number of nitrogens with zero attached hydrogens (tertiary/aromatic N) is 3. The van der Waals surface area contributed by atoms with E-state index in [2.05, 4.69) is 28.5 Å². The van der Waals surface area contributed by atoms with Crippen LogP contribution >= 0.6 is 23.1 Å². The van der Waals surface area contributed by atoms with Gasteiger partial charge in [0.05, 0.1) is 16.9 Å². The third-order valence-corrected chi connectivity index (χ3v) is 6.70. The summed E-state index contributed by atoms with van der Waals surface area (Å²) < 4.78 is 19.3. The van der Waals surface area contributed by atoms with Crippen LogP contribution in [0.25, 0.3) is 11.5 Å². The molecule has 1 N–H and O–H groups in total. The van der Waals surface area contributed by atoms with Crippen LogP contribution in [-0.4, -0.2) is 21.9 Å². The number of amides is 1. The highest BCUT2D eigenvalue weighted by Crippen LogP contribution is 2.39. The van der Waals surface area contributed by atoms with Gasteiger partial charge in [0.15, 0.2) is 0 Å². The molecule has 0 saturated heterocycles. The summed E-state index contributed by atoms with van der Waals surface area (Å²) in [4.78, 5) is 13.6. The van der Waals surface area contributed by atoms with E-state index in [-0.39, 0.29) is 28.3 Å². The van der Waals surface area contributed by atoms with Crippen molar-refractivity contribution in [1.29, 1.82) is 5.26 Å². The van der Waals surface area contributed by atoms with Crippen molar-refractivity contribution in [3.8, 4) is 17.5 Å². The SMILES string of the molecule is CC1CCc2c(sc(NC(=O)CSc3nnc(-c4ccccc4F)o3)c2C#N)C1. The van der Waals surface area contributed by atoms with Crippen molar-refractivity contribution < 1.29 is 13.6 Å². The van der Waals surface area contributed by atoms with Crippen molar-refractivity contribution in [3.63, 3.8) is 0 Å². The minimum Gasteiger partial charge on any atom is -0.411 e. The van der Waals surface area contributed by atoms with Gasteiger partial charge in [-0.25, -0.2) is 4.39 Å². The molecule has 0 bridgehead atoms. The van der Waals surface area contributed by atoms with E-state index in [4.69, 9.17) is 4.42 Å². The van der Waals surface area contributed by atoms with Gasteiger partial charge in [0, 0.05) is 4.88 Å². The van der Waals surface area contributed by atoms with Crippen LogP contribution in [0, 0.1) is 23.1 Å².